The fourth-order valence-electron chi connectivity index (χ4n) is 3.07. The molecule has 8 heteroatoms. The smallest absolute Gasteiger partial charge is 0.244 e. The molecule has 138 valence electrons. The van der Waals surface area contributed by atoms with Crippen LogP contribution in [0.4, 0.5) is 0 Å². The summed E-state index contributed by atoms with van der Waals surface area (Å²) in [5.41, 5.74) is 2.83. The average molecular weight is 400 g/mol. The number of halogens is 1. The number of rotatable bonds is 6. The molecule has 0 saturated heterocycles. The lowest BCUT2D eigenvalue weighted by Crippen LogP contribution is -2.23. The zero-order valence-electron chi connectivity index (χ0n) is 14.7. The number of imidazole rings is 2. The van der Waals surface area contributed by atoms with Crippen molar-refractivity contribution in [2.45, 2.75) is 19.9 Å². The Kier molecular flexibility index (Phi) is 4.96. The van der Waals surface area contributed by atoms with Gasteiger partial charge in [-0.1, -0.05) is 23.7 Å². The molecule has 4 rings (SSSR count). The lowest BCUT2D eigenvalue weighted by atomic mass is 10.3. The second-order valence-electron chi connectivity index (χ2n) is 6.12. The van der Waals surface area contributed by atoms with Crippen LogP contribution >= 0.6 is 22.9 Å². The molecule has 0 aliphatic rings. The van der Waals surface area contributed by atoms with Crippen LogP contribution in [0.3, 0.4) is 0 Å². The van der Waals surface area contributed by atoms with Gasteiger partial charge in [0.1, 0.15) is 5.82 Å². The van der Waals surface area contributed by atoms with E-state index in [4.69, 9.17) is 11.6 Å². The molecule has 0 saturated carbocycles. The first-order chi connectivity index (χ1) is 13.1. The second kappa shape index (κ2) is 7.54. The molecule has 3 aromatic heterocycles. The van der Waals surface area contributed by atoms with Crippen LogP contribution < -0.4 is 5.32 Å². The van der Waals surface area contributed by atoms with Crippen LogP contribution in [0.2, 0.25) is 5.15 Å². The minimum atomic E-state index is -0.150. The topological polar surface area (TPSA) is 64.2 Å². The lowest BCUT2D eigenvalue weighted by Gasteiger charge is -2.07. The van der Waals surface area contributed by atoms with Gasteiger partial charge in [-0.25, -0.2) is 9.97 Å². The Labute approximate surface area is 165 Å². The molecular formula is C19H18ClN5OS. The summed E-state index contributed by atoms with van der Waals surface area (Å²) in [6.45, 7) is 3.39. The molecular weight excluding hydrogens is 382 g/mol. The molecule has 0 aliphatic carbocycles. The highest BCUT2D eigenvalue weighted by atomic mass is 35.5. The van der Waals surface area contributed by atoms with E-state index < -0.39 is 0 Å². The summed E-state index contributed by atoms with van der Waals surface area (Å²) in [7, 11) is 0. The maximum atomic E-state index is 12.1. The molecule has 0 fully saturated rings. The number of hydrogen-bond acceptors (Lipinski definition) is 4. The van der Waals surface area contributed by atoms with E-state index in [1.165, 1.54) is 17.4 Å². The van der Waals surface area contributed by atoms with E-state index in [1.807, 2.05) is 41.1 Å². The van der Waals surface area contributed by atoms with Crippen LogP contribution in [0.5, 0.6) is 0 Å². The number of carbonyl (C=O) groups excluding carboxylic acids is 1. The van der Waals surface area contributed by atoms with Crippen molar-refractivity contribution >= 4 is 50.9 Å². The predicted molar refractivity (Wildman–Crippen MR) is 109 cm³/mol. The minimum Gasteiger partial charge on any atom is -0.352 e. The normalized spacial score (nSPS) is 11.8. The summed E-state index contributed by atoms with van der Waals surface area (Å²) in [6, 6.07) is 8.08. The maximum absolute atomic E-state index is 12.1. The van der Waals surface area contributed by atoms with Gasteiger partial charge in [0.05, 0.1) is 16.7 Å². The highest BCUT2D eigenvalue weighted by Crippen LogP contribution is 2.22. The number of aryl methyl sites for hydroxylation is 2. The average Bonchev–Trinajstić information content (AvgIpc) is 3.30. The summed E-state index contributed by atoms with van der Waals surface area (Å²) in [4.78, 5) is 21.7. The van der Waals surface area contributed by atoms with E-state index >= 15 is 0 Å². The molecule has 6 nitrogen and oxygen atoms in total. The van der Waals surface area contributed by atoms with E-state index in [0.29, 0.717) is 17.4 Å². The van der Waals surface area contributed by atoms with Crippen LogP contribution in [0.1, 0.15) is 17.9 Å². The summed E-state index contributed by atoms with van der Waals surface area (Å²) in [5, 5.41) is 5.23. The van der Waals surface area contributed by atoms with Gasteiger partial charge in [-0.3, -0.25) is 9.20 Å². The third-order valence-electron chi connectivity index (χ3n) is 4.35. The minimum absolute atomic E-state index is 0.150. The monoisotopic (exact) mass is 399 g/mol. The quantitative estimate of drug-likeness (QED) is 0.394. The van der Waals surface area contributed by atoms with Crippen molar-refractivity contribution in [2.24, 2.45) is 0 Å². The number of aromatic nitrogens is 4. The zero-order chi connectivity index (χ0) is 18.8. The number of para-hydroxylation sites is 2. The Morgan fingerprint density at radius 2 is 2.19 bits per heavy atom. The van der Waals surface area contributed by atoms with Crippen LogP contribution in [-0.4, -0.2) is 31.4 Å². The number of nitrogens with zero attached hydrogens (tertiary/aromatic N) is 4. The summed E-state index contributed by atoms with van der Waals surface area (Å²) in [5.74, 6) is 0.834. The predicted octanol–water partition coefficient (Wildman–Crippen LogP) is 3.93. The highest BCUT2D eigenvalue weighted by molar-refractivity contribution is 7.15. The van der Waals surface area contributed by atoms with E-state index in [2.05, 4.69) is 25.9 Å². The summed E-state index contributed by atoms with van der Waals surface area (Å²) in [6.07, 6.45) is 5.89. The molecule has 0 spiro atoms. The molecule has 1 aromatic carbocycles. The number of fused-ring (bicyclic) bond motifs is 2. The van der Waals surface area contributed by atoms with Gasteiger partial charge in [0.2, 0.25) is 5.91 Å². The van der Waals surface area contributed by atoms with Crippen molar-refractivity contribution in [3.05, 3.63) is 58.6 Å². The first kappa shape index (κ1) is 17.8. The van der Waals surface area contributed by atoms with E-state index in [9.17, 15) is 4.79 Å². The number of nitrogens with one attached hydrogen (secondary N) is 1. The van der Waals surface area contributed by atoms with E-state index in [-0.39, 0.29) is 5.91 Å². The third-order valence-corrected chi connectivity index (χ3v) is 5.38. The van der Waals surface area contributed by atoms with Gasteiger partial charge < -0.3 is 9.88 Å². The van der Waals surface area contributed by atoms with Gasteiger partial charge in [-0.15, -0.1) is 11.3 Å². The van der Waals surface area contributed by atoms with Crippen molar-refractivity contribution in [2.75, 3.05) is 6.54 Å². The molecule has 1 amide bonds. The van der Waals surface area contributed by atoms with Crippen molar-refractivity contribution in [3.8, 4) is 0 Å². The van der Waals surface area contributed by atoms with Gasteiger partial charge >= 0.3 is 0 Å². The van der Waals surface area contributed by atoms with Crippen LogP contribution in [0.25, 0.3) is 22.1 Å². The number of thiazole rings is 1. The Morgan fingerprint density at radius 1 is 1.33 bits per heavy atom. The van der Waals surface area contributed by atoms with Crippen molar-refractivity contribution in [1.82, 2.24) is 24.3 Å². The molecule has 0 atom stereocenters. The Bertz CT molecular complexity index is 1140. The molecule has 4 aromatic rings. The SMILES string of the molecule is Cc1nc2ccccc2n1CCCNC(=O)/C=C/c1c(Cl)nc2sccn12. The molecule has 1 N–H and O–H groups in total. The maximum Gasteiger partial charge on any atom is 0.244 e. The van der Waals surface area contributed by atoms with Crippen molar-refractivity contribution < 1.29 is 4.79 Å². The number of benzene rings is 1. The lowest BCUT2D eigenvalue weighted by molar-refractivity contribution is -0.116. The molecule has 0 aliphatic heterocycles. The van der Waals surface area contributed by atoms with Crippen molar-refractivity contribution in [3.63, 3.8) is 0 Å². The summed E-state index contributed by atoms with van der Waals surface area (Å²) < 4.78 is 4.04. The van der Waals surface area contributed by atoms with Gasteiger partial charge in [-0.05, 0) is 31.6 Å². The van der Waals surface area contributed by atoms with Gasteiger partial charge in [-0.2, -0.15) is 0 Å². The first-order valence-electron chi connectivity index (χ1n) is 8.62. The molecule has 3 heterocycles. The standard InChI is InChI=1S/C19H18ClN5OS/c1-13-22-14-5-2-3-6-15(14)24(13)10-4-9-21-17(26)8-7-16-18(20)23-19-25(16)11-12-27-19/h2-3,5-8,11-12H,4,9-10H2,1H3,(H,21,26)/b8-7+. The Morgan fingerprint density at radius 3 is 3.07 bits per heavy atom. The van der Waals surface area contributed by atoms with Gasteiger partial charge in [0, 0.05) is 30.7 Å². The second-order valence-corrected chi connectivity index (χ2v) is 7.35. The van der Waals surface area contributed by atoms with Gasteiger partial charge in [0.25, 0.3) is 0 Å². The molecule has 27 heavy (non-hydrogen) atoms. The third kappa shape index (κ3) is 3.61. The largest absolute Gasteiger partial charge is 0.352 e. The molecule has 0 bridgehead atoms. The fourth-order valence-corrected chi connectivity index (χ4v) is 4.07. The van der Waals surface area contributed by atoms with E-state index in [1.54, 1.807) is 6.08 Å². The zero-order valence-corrected chi connectivity index (χ0v) is 16.3. The van der Waals surface area contributed by atoms with E-state index in [0.717, 1.165) is 34.8 Å². The van der Waals surface area contributed by atoms with Crippen LogP contribution in [-0.2, 0) is 11.3 Å². The fraction of sp³-hybridized carbons (Fsp3) is 0.211. The Hall–Kier alpha value is -2.64. The van der Waals surface area contributed by atoms with Gasteiger partial charge in [0.15, 0.2) is 10.1 Å². The summed E-state index contributed by atoms with van der Waals surface area (Å²) >= 11 is 7.62. The Balaban J connectivity index is 1.32. The van der Waals surface area contributed by atoms with Crippen LogP contribution in [0, 0.1) is 6.92 Å². The number of hydrogen-bond donors (Lipinski definition) is 1. The first-order valence-corrected chi connectivity index (χ1v) is 9.88. The number of amides is 1. The highest BCUT2D eigenvalue weighted by Gasteiger charge is 2.09. The van der Waals surface area contributed by atoms with Crippen LogP contribution in [0.15, 0.2) is 41.9 Å². The molecule has 0 unspecified atom stereocenters. The number of carbonyl (C=O) groups is 1. The molecule has 0 radical (unpaired) electrons. The van der Waals surface area contributed by atoms with Crippen molar-refractivity contribution in [1.29, 1.82) is 0 Å².